The van der Waals surface area contributed by atoms with Crippen LogP contribution in [0.4, 0.5) is 10.5 Å². The molecule has 2 aliphatic heterocycles. The van der Waals surface area contributed by atoms with Crippen LogP contribution in [0.25, 0.3) is 0 Å². The highest BCUT2D eigenvalue weighted by Gasteiger charge is 2.25. The van der Waals surface area contributed by atoms with Crippen LogP contribution in [-0.2, 0) is 16.0 Å². The molecule has 8 nitrogen and oxygen atoms in total. The minimum atomic E-state index is -0.233. The predicted molar refractivity (Wildman–Crippen MR) is 118 cm³/mol. The molecule has 0 atom stereocenters. The maximum absolute atomic E-state index is 12.6. The molecule has 0 unspecified atom stereocenters. The number of likely N-dealkylation sites (tertiary alicyclic amines) is 1. The molecule has 2 amide bonds. The van der Waals surface area contributed by atoms with Crippen LogP contribution < -0.4 is 15.5 Å². The molecule has 30 heavy (non-hydrogen) atoms. The number of carbonyl (C=O) groups excluding carboxylic acids is 2. The minimum absolute atomic E-state index is 0.177. The van der Waals surface area contributed by atoms with Crippen molar-refractivity contribution in [3.8, 4) is 0 Å². The molecule has 3 rings (SSSR count). The fraction of sp³-hybridized carbons (Fsp3) is 0.591. The number of rotatable bonds is 6. The lowest BCUT2D eigenvalue weighted by atomic mass is 10.1. The zero-order valence-electron chi connectivity index (χ0n) is 18.0. The van der Waals surface area contributed by atoms with E-state index in [2.05, 4.69) is 21.7 Å². The van der Waals surface area contributed by atoms with Gasteiger partial charge in [-0.05, 0) is 44.2 Å². The quantitative estimate of drug-likeness (QED) is 0.422. The lowest BCUT2D eigenvalue weighted by molar-refractivity contribution is -0.118. The van der Waals surface area contributed by atoms with Gasteiger partial charge in [0.1, 0.15) is 0 Å². The van der Waals surface area contributed by atoms with Crippen molar-refractivity contribution in [2.24, 2.45) is 4.99 Å². The molecule has 0 aliphatic carbocycles. The Morgan fingerprint density at radius 1 is 1.20 bits per heavy atom. The second kappa shape index (κ2) is 10.8. The van der Waals surface area contributed by atoms with Crippen LogP contribution >= 0.6 is 0 Å². The molecular formula is C22H33N5O3. The van der Waals surface area contributed by atoms with Crippen molar-refractivity contribution in [1.29, 1.82) is 0 Å². The normalized spacial score (nSPS) is 16.9. The van der Waals surface area contributed by atoms with Crippen molar-refractivity contribution in [2.45, 2.75) is 45.1 Å². The van der Waals surface area contributed by atoms with Crippen molar-refractivity contribution < 1.29 is 14.3 Å². The second-order valence-corrected chi connectivity index (χ2v) is 7.63. The van der Waals surface area contributed by atoms with E-state index in [0.29, 0.717) is 32.7 Å². The van der Waals surface area contributed by atoms with Gasteiger partial charge in [-0.25, -0.2) is 4.79 Å². The van der Waals surface area contributed by atoms with E-state index < -0.39 is 0 Å². The first-order valence-corrected chi connectivity index (χ1v) is 10.9. The van der Waals surface area contributed by atoms with Gasteiger partial charge in [-0.2, -0.15) is 0 Å². The number of guanidine groups is 1. The minimum Gasteiger partial charge on any atom is -0.450 e. The summed E-state index contributed by atoms with van der Waals surface area (Å²) < 4.78 is 5.06. The van der Waals surface area contributed by atoms with Crippen molar-refractivity contribution in [3.63, 3.8) is 0 Å². The van der Waals surface area contributed by atoms with Crippen LogP contribution in [0.5, 0.6) is 0 Å². The molecule has 0 aromatic heterocycles. The Morgan fingerprint density at radius 3 is 2.70 bits per heavy atom. The number of nitrogens with zero attached hydrogens (tertiary/aromatic N) is 3. The van der Waals surface area contributed by atoms with Crippen LogP contribution in [0.15, 0.2) is 29.3 Å². The molecule has 1 saturated heterocycles. The van der Waals surface area contributed by atoms with Crippen molar-refractivity contribution in [1.82, 2.24) is 15.5 Å². The maximum atomic E-state index is 12.6. The first-order valence-electron chi connectivity index (χ1n) is 10.9. The molecule has 0 spiro atoms. The smallest absolute Gasteiger partial charge is 0.409 e. The van der Waals surface area contributed by atoms with Gasteiger partial charge in [0.2, 0.25) is 5.91 Å². The first kappa shape index (κ1) is 21.9. The van der Waals surface area contributed by atoms with E-state index in [0.717, 1.165) is 43.9 Å². The summed E-state index contributed by atoms with van der Waals surface area (Å²) in [6.07, 6.45) is 3.67. The van der Waals surface area contributed by atoms with Crippen LogP contribution in [0.3, 0.4) is 0 Å². The molecule has 1 fully saturated rings. The van der Waals surface area contributed by atoms with Crippen LogP contribution in [-0.4, -0.2) is 68.7 Å². The van der Waals surface area contributed by atoms with Gasteiger partial charge in [-0.15, -0.1) is 0 Å². The number of carbonyl (C=O) groups is 2. The Bertz CT molecular complexity index is 759. The Kier molecular flexibility index (Phi) is 7.93. The molecule has 1 aromatic carbocycles. The third kappa shape index (κ3) is 5.64. The molecule has 0 saturated carbocycles. The monoisotopic (exact) mass is 415 g/mol. The average Bonchev–Trinajstić information content (AvgIpc) is 3.20. The van der Waals surface area contributed by atoms with Crippen LogP contribution in [0, 0.1) is 0 Å². The first-order chi connectivity index (χ1) is 14.6. The van der Waals surface area contributed by atoms with Crippen molar-refractivity contribution in [3.05, 3.63) is 29.8 Å². The van der Waals surface area contributed by atoms with Crippen molar-refractivity contribution in [2.75, 3.05) is 44.7 Å². The highest BCUT2D eigenvalue weighted by atomic mass is 16.6. The van der Waals surface area contributed by atoms with Gasteiger partial charge in [-0.1, -0.05) is 18.2 Å². The summed E-state index contributed by atoms with van der Waals surface area (Å²) >= 11 is 0. The molecule has 8 heteroatoms. The summed E-state index contributed by atoms with van der Waals surface area (Å²) in [5.41, 5.74) is 2.31. The number of hydrogen-bond acceptors (Lipinski definition) is 4. The SMILES string of the molecule is CCOC(=O)N1CCC(NC(=NC)NCCCC(=O)N2CCc3ccccc32)CC1. The Balaban J connectivity index is 1.34. The van der Waals surface area contributed by atoms with Gasteiger partial charge in [0.05, 0.1) is 6.61 Å². The van der Waals surface area contributed by atoms with Gasteiger partial charge in [0, 0.05) is 51.4 Å². The van der Waals surface area contributed by atoms with Gasteiger partial charge in [-0.3, -0.25) is 9.79 Å². The van der Waals surface area contributed by atoms with E-state index in [-0.39, 0.29) is 18.0 Å². The lowest BCUT2D eigenvalue weighted by Crippen LogP contribution is -2.50. The summed E-state index contributed by atoms with van der Waals surface area (Å²) in [7, 11) is 1.75. The third-order valence-electron chi connectivity index (χ3n) is 5.63. The van der Waals surface area contributed by atoms with Crippen molar-refractivity contribution >= 4 is 23.6 Å². The number of ether oxygens (including phenoxy) is 1. The third-order valence-corrected chi connectivity index (χ3v) is 5.63. The van der Waals surface area contributed by atoms with Gasteiger partial charge < -0.3 is 25.2 Å². The van der Waals surface area contributed by atoms with Crippen LogP contribution in [0.2, 0.25) is 0 Å². The molecule has 164 valence electrons. The topological polar surface area (TPSA) is 86.3 Å². The van der Waals surface area contributed by atoms with Gasteiger partial charge >= 0.3 is 6.09 Å². The predicted octanol–water partition coefficient (Wildman–Crippen LogP) is 2.14. The Hall–Kier alpha value is -2.77. The van der Waals surface area contributed by atoms with Gasteiger partial charge in [0.15, 0.2) is 5.96 Å². The molecule has 2 heterocycles. The number of anilines is 1. The molecule has 2 aliphatic rings. The Morgan fingerprint density at radius 2 is 1.97 bits per heavy atom. The number of hydrogen-bond donors (Lipinski definition) is 2. The van der Waals surface area contributed by atoms with Crippen LogP contribution in [0.1, 0.15) is 38.2 Å². The lowest BCUT2D eigenvalue weighted by Gasteiger charge is -2.32. The number of amides is 2. The Labute approximate surface area is 178 Å². The highest BCUT2D eigenvalue weighted by Crippen LogP contribution is 2.27. The second-order valence-electron chi connectivity index (χ2n) is 7.63. The number of piperidine rings is 1. The summed E-state index contributed by atoms with van der Waals surface area (Å²) in [6, 6.07) is 8.40. The van der Waals surface area contributed by atoms with E-state index in [1.54, 1.807) is 11.9 Å². The number of nitrogens with one attached hydrogen (secondary N) is 2. The zero-order chi connectivity index (χ0) is 21.3. The summed E-state index contributed by atoms with van der Waals surface area (Å²) in [5.74, 6) is 0.916. The summed E-state index contributed by atoms with van der Waals surface area (Å²) in [6.45, 7) is 5.04. The van der Waals surface area contributed by atoms with E-state index in [9.17, 15) is 9.59 Å². The average molecular weight is 416 g/mol. The maximum Gasteiger partial charge on any atom is 0.409 e. The molecular weight excluding hydrogens is 382 g/mol. The van der Waals surface area contributed by atoms with Gasteiger partial charge in [0.25, 0.3) is 0 Å². The van der Waals surface area contributed by atoms with E-state index in [1.807, 2.05) is 30.0 Å². The largest absolute Gasteiger partial charge is 0.450 e. The van der Waals surface area contributed by atoms with E-state index in [4.69, 9.17) is 4.74 Å². The highest BCUT2D eigenvalue weighted by molar-refractivity contribution is 5.95. The fourth-order valence-corrected chi connectivity index (χ4v) is 3.99. The number of aliphatic imine (C=N–C) groups is 1. The molecule has 2 N–H and O–H groups in total. The number of para-hydroxylation sites is 1. The number of fused-ring (bicyclic) bond motifs is 1. The zero-order valence-corrected chi connectivity index (χ0v) is 18.0. The molecule has 0 bridgehead atoms. The fourth-order valence-electron chi connectivity index (χ4n) is 3.99. The van der Waals surface area contributed by atoms with E-state index in [1.165, 1.54) is 5.56 Å². The number of benzene rings is 1. The molecule has 1 aromatic rings. The molecule has 0 radical (unpaired) electrons. The van der Waals surface area contributed by atoms with E-state index >= 15 is 0 Å². The summed E-state index contributed by atoms with van der Waals surface area (Å²) in [4.78, 5) is 32.3. The standard InChI is InChI=1S/C22H33N5O3/c1-3-30-22(29)26-14-11-18(12-15-26)25-21(23-2)24-13-6-9-20(28)27-16-10-17-7-4-5-8-19(17)27/h4-5,7-8,18H,3,6,9-16H2,1-2H3,(H2,23,24,25). The summed E-state index contributed by atoms with van der Waals surface area (Å²) in [5, 5.41) is 6.72.